The first kappa shape index (κ1) is 10.9. The van der Waals surface area contributed by atoms with Crippen LogP contribution in [0.4, 0.5) is 6.01 Å². The molecule has 7 nitrogen and oxygen atoms in total. The van der Waals surface area contributed by atoms with Crippen LogP contribution in [0.5, 0.6) is 0 Å². The lowest BCUT2D eigenvalue weighted by atomic mass is 10.2. The summed E-state index contributed by atoms with van der Waals surface area (Å²) in [5.74, 6) is 0.626. The smallest absolute Gasteiger partial charge is 0.315 e. The number of carbonyl (C=O) groups excluding carboxylic acids is 1. The van der Waals surface area contributed by atoms with Crippen LogP contribution in [0.2, 0.25) is 0 Å². The van der Waals surface area contributed by atoms with Gasteiger partial charge in [0.2, 0.25) is 11.8 Å². The zero-order valence-electron chi connectivity index (χ0n) is 8.90. The Kier molecular flexibility index (Phi) is 3.35. The van der Waals surface area contributed by atoms with Crippen LogP contribution in [-0.4, -0.2) is 35.2 Å². The van der Waals surface area contributed by atoms with E-state index in [1.807, 2.05) is 0 Å². The van der Waals surface area contributed by atoms with Gasteiger partial charge in [-0.15, -0.1) is 5.10 Å². The van der Waals surface area contributed by atoms with Gasteiger partial charge in [0.15, 0.2) is 0 Å². The van der Waals surface area contributed by atoms with Crippen LogP contribution in [0.15, 0.2) is 4.42 Å². The molecule has 1 saturated heterocycles. The van der Waals surface area contributed by atoms with Crippen molar-refractivity contribution in [2.24, 2.45) is 5.73 Å². The highest BCUT2D eigenvalue weighted by Crippen LogP contribution is 2.09. The summed E-state index contributed by atoms with van der Waals surface area (Å²) >= 11 is 0. The zero-order valence-corrected chi connectivity index (χ0v) is 8.90. The Morgan fingerprint density at radius 3 is 3.12 bits per heavy atom. The Bertz CT molecular complexity index is 365. The lowest BCUT2D eigenvalue weighted by Gasteiger charge is -2.08. The minimum absolute atomic E-state index is 0.0983. The van der Waals surface area contributed by atoms with Crippen LogP contribution in [-0.2, 0) is 11.2 Å². The van der Waals surface area contributed by atoms with Gasteiger partial charge in [0.25, 0.3) is 0 Å². The van der Waals surface area contributed by atoms with Gasteiger partial charge in [-0.3, -0.25) is 4.79 Å². The molecule has 1 aromatic rings. The first-order chi connectivity index (χ1) is 7.78. The molecule has 1 amide bonds. The second kappa shape index (κ2) is 4.93. The summed E-state index contributed by atoms with van der Waals surface area (Å²) in [6.07, 6.45) is 2.01. The van der Waals surface area contributed by atoms with E-state index in [1.54, 1.807) is 0 Å². The van der Waals surface area contributed by atoms with Gasteiger partial charge < -0.3 is 20.8 Å². The maximum atomic E-state index is 10.9. The van der Waals surface area contributed by atoms with Crippen LogP contribution in [0.3, 0.4) is 0 Å². The van der Waals surface area contributed by atoms with E-state index in [4.69, 9.17) is 10.2 Å². The molecule has 88 valence electrons. The molecule has 0 bridgehead atoms. The van der Waals surface area contributed by atoms with Gasteiger partial charge in [0.1, 0.15) is 0 Å². The highest BCUT2D eigenvalue weighted by Gasteiger charge is 2.20. The Labute approximate surface area is 92.8 Å². The summed E-state index contributed by atoms with van der Waals surface area (Å²) in [6.45, 7) is 1.09. The minimum atomic E-state index is 0.0983. The largest absolute Gasteiger partial charge is 0.408 e. The quantitative estimate of drug-likeness (QED) is 0.609. The van der Waals surface area contributed by atoms with Crippen molar-refractivity contribution in [3.8, 4) is 0 Å². The molecule has 1 atom stereocenters. The molecule has 1 aliphatic rings. The molecule has 2 heterocycles. The SMILES string of the molecule is NCCc1nnc(NCC2CCC(=O)N2)o1. The number of nitrogens with one attached hydrogen (secondary N) is 2. The Morgan fingerprint density at radius 2 is 2.44 bits per heavy atom. The Hall–Kier alpha value is -1.63. The van der Waals surface area contributed by atoms with Gasteiger partial charge in [0, 0.05) is 32.0 Å². The highest BCUT2D eigenvalue weighted by molar-refractivity contribution is 5.78. The van der Waals surface area contributed by atoms with Gasteiger partial charge in [-0.2, -0.15) is 0 Å². The van der Waals surface area contributed by atoms with Gasteiger partial charge >= 0.3 is 6.01 Å². The summed E-state index contributed by atoms with van der Waals surface area (Å²) in [4.78, 5) is 10.9. The summed E-state index contributed by atoms with van der Waals surface area (Å²) < 4.78 is 5.28. The normalized spacial score (nSPS) is 19.8. The molecule has 7 heteroatoms. The molecule has 0 saturated carbocycles. The average Bonchev–Trinajstić information content (AvgIpc) is 2.85. The van der Waals surface area contributed by atoms with Gasteiger partial charge in [0.05, 0.1) is 0 Å². The van der Waals surface area contributed by atoms with Crippen molar-refractivity contribution in [3.05, 3.63) is 5.89 Å². The molecule has 1 unspecified atom stereocenters. The van der Waals surface area contributed by atoms with Crippen molar-refractivity contribution in [1.82, 2.24) is 15.5 Å². The average molecular weight is 225 g/mol. The molecule has 4 N–H and O–H groups in total. The van der Waals surface area contributed by atoms with Crippen molar-refractivity contribution in [1.29, 1.82) is 0 Å². The van der Waals surface area contributed by atoms with Crippen LogP contribution in [0.1, 0.15) is 18.7 Å². The predicted octanol–water partition coefficient (Wildman–Crippen LogP) is -0.739. The maximum absolute atomic E-state index is 10.9. The minimum Gasteiger partial charge on any atom is -0.408 e. The summed E-state index contributed by atoms with van der Waals surface area (Å²) in [5.41, 5.74) is 5.36. The number of anilines is 1. The maximum Gasteiger partial charge on any atom is 0.315 e. The first-order valence-corrected chi connectivity index (χ1v) is 5.33. The standard InChI is InChI=1S/C9H15N5O2/c10-4-3-8-13-14-9(16-8)11-5-6-1-2-7(15)12-6/h6H,1-5,10H2,(H,11,14)(H,12,15). The topological polar surface area (TPSA) is 106 Å². The number of nitrogens with zero attached hydrogens (tertiary/aromatic N) is 2. The molecule has 16 heavy (non-hydrogen) atoms. The molecule has 0 spiro atoms. The van der Waals surface area contributed by atoms with E-state index < -0.39 is 0 Å². The second-order valence-corrected chi connectivity index (χ2v) is 3.72. The lowest BCUT2D eigenvalue weighted by molar-refractivity contribution is -0.119. The molecule has 1 fully saturated rings. The van der Waals surface area contributed by atoms with Crippen molar-refractivity contribution in [2.75, 3.05) is 18.4 Å². The number of hydrogen-bond acceptors (Lipinski definition) is 6. The third kappa shape index (κ3) is 2.69. The third-order valence-electron chi connectivity index (χ3n) is 2.41. The molecular formula is C9H15N5O2. The highest BCUT2D eigenvalue weighted by atomic mass is 16.4. The van der Waals surface area contributed by atoms with E-state index >= 15 is 0 Å². The summed E-state index contributed by atoms with van der Waals surface area (Å²) in [6, 6.07) is 0.530. The fourth-order valence-corrected chi connectivity index (χ4v) is 1.59. The number of rotatable bonds is 5. The van der Waals surface area contributed by atoms with Gasteiger partial charge in [-0.05, 0) is 6.42 Å². The molecule has 0 radical (unpaired) electrons. The third-order valence-corrected chi connectivity index (χ3v) is 2.41. The Morgan fingerprint density at radius 1 is 1.56 bits per heavy atom. The van der Waals surface area contributed by atoms with E-state index in [0.29, 0.717) is 37.8 Å². The van der Waals surface area contributed by atoms with Gasteiger partial charge in [-0.25, -0.2) is 0 Å². The van der Waals surface area contributed by atoms with Crippen molar-refractivity contribution >= 4 is 11.9 Å². The molecule has 1 aromatic heterocycles. The van der Waals surface area contributed by atoms with Crippen molar-refractivity contribution in [3.63, 3.8) is 0 Å². The number of amides is 1. The molecule has 0 aromatic carbocycles. The molecule has 2 rings (SSSR count). The molecule has 0 aliphatic carbocycles. The second-order valence-electron chi connectivity index (χ2n) is 3.72. The fraction of sp³-hybridized carbons (Fsp3) is 0.667. The summed E-state index contributed by atoms with van der Waals surface area (Å²) in [5, 5.41) is 13.5. The van der Waals surface area contributed by atoms with Crippen molar-refractivity contribution in [2.45, 2.75) is 25.3 Å². The first-order valence-electron chi connectivity index (χ1n) is 5.33. The van der Waals surface area contributed by atoms with E-state index in [2.05, 4.69) is 20.8 Å². The number of nitrogens with two attached hydrogens (primary N) is 1. The fourth-order valence-electron chi connectivity index (χ4n) is 1.59. The van der Waals surface area contributed by atoms with Crippen LogP contribution < -0.4 is 16.4 Å². The van der Waals surface area contributed by atoms with E-state index in [0.717, 1.165) is 6.42 Å². The summed E-state index contributed by atoms with van der Waals surface area (Å²) in [7, 11) is 0. The van der Waals surface area contributed by atoms with Crippen LogP contribution in [0, 0.1) is 0 Å². The number of carbonyl (C=O) groups is 1. The molecular weight excluding hydrogens is 210 g/mol. The monoisotopic (exact) mass is 225 g/mol. The van der Waals surface area contributed by atoms with E-state index in [1.165, 1.54) is 0 Å². The number of aromatic nitrogens is 2. The van der Waals surface area contributed by atoms with Crippen molar-refractivity contribution < 1.29 is 9.21 Å². The predicted molar refractivity (Wildman–Crippen MR) is 56.7 cm³/mol. The van der Waals surface area contributed by atoms with E-state index in [-0.39, 0.29) is 11.9 Å². The number of hydrogen-bond donors (Lipinski definition) is 3. The van der Waals surface area contributed by atoms with Crippen LogP contribution >= 0.6 is 0 Å². The van der Waals surface area contributed by atoms with E-state index in [9.17, 15) is 4.79 Å². The van der Waals surface area contributed by atoms with Crippen LogP contribution in [0.25, 0.3) is 0 Å². The Balaban J connectivity index is 1.78. The zero-order chi connectivity index (χ0) is 11.4. The molecule has 1 aliphatic heterocycles. The lowest BCUT2D eigenvalue weighted by Crippen LogP contribution is -2.31. The van der Waals surface area contributed by atoms with Gasteiger partial charge in [-0.1, -0.05) is 5.10 Å².